The van der Waals surface area contributed by atoms with E-state index in [9.17, 15) is 9.59 Å². The Morgan fingerprint density at radius 1 is 0.969 bits per heavy atom. The van der Waals surface area contributed by atoms with Gasteiger partial charge in [0.2, 0.25) is 11.8 Å². The normalized spacial score (nSPS) is 14.9. The van der Waals surface area contributed by atoms with Gasteiger partial charge in [-0.05, 0) is 55.7 Å². The Labute approximate surface area is 190 Å². The van der Waals surface area contributed by atoms with Gasteiger partial charge in [0.25, 0.3) is 0 Å². The van der Waals surface area contributed by atoms with E-state index in [0.717, 1.165) is 43.6 Å². The molecule has 6 nitrogen and oxygen atoms in total. The summed E-state index contributed by atoms with van der Waals surface area (Å²) in [7, 11) is 3.31. The van der Waals surface area contributed by atoms with Crippen LogP contribution in [0, 0.1) is 0 Å². The van der Waals surface area contributed by atoms with Crippen LogP contribution in [0.15, 0.2) is 42.5 Å². The van der Waals surface area contributed by atoms with E-state index in [2.05, 4.69) is 28.8 Å². The first-order chi connectivity index (χ1) is 15.6. The van der Waals surface area contributed by atoms with E-state index in [0.29, 0.717) is 25.8 Å². The predicted molar refractivity (Wildman–Crippen MR) is 125 cm³/mol. The molecule has 1 atom stereocenters. The Kier molecular flexibility index (Phi) is 8.96. The SMILES string of the molecule is COc1ccc2c(c1OC)CCC(NC(=O)CCCCC(=O)NCCc1ccccc1)C2. The Hall–Kier alpha value is -3.02. The minimum atomic E-state index is 0.0506. The van der Waals surface area contributed by atoms with Gasteiger partial charge in [-0.3, -0.25) is 9.59 Å². The molecule has 2 aromatic rings. The number of nitrogens with one attached hydrogen (secondary N) is 2. The zero-order chi connectivity index (χ0) is 22.8. The van der Waals surface area contributed by atoms with Crippen LogP contribution in [0.5, 0.6) is 11.5 Å². The lowest BCUT2D eigenvalue weighted by Crippen LogP contribution is -2.38. The van der Waals surface area contributed by atoms with Crippen LogP contribution in [0.1, 0.15) is 48.8 Å². The number of carbonyl (C=O) groups is 2. The van der Waals surface area contributed by atoms with E-state index < -0.39 is 0 Å². The summed E-state index contributed by atoms with van der Waals surface area (Å²) in [5, 5.41) is 6.11. The molecule has 1 unspecified atom stereocenters. The highest BCUT2D eigenvalue weighted by Crippen LogP contribution is 2.37. The third-order valence-corrected chi connectivity index (χ3v) is 5.96. The Balaban J connectivity index is 1.32. The molecule has 0 bridgehead atoms. The number of ether oxygens (including phenoxy) is 2. The molecule has 3 rings (SSSR count). The molecule has 2 aromatic carbocycles. The Bertz CT molecular complexity index is 898. The van der Waals surface area contributed by atoms with Gasteiger partial charge >= 0.3 is 0 Å². The van der Waals surface area contributed by atoms with E-state index in [-0.39, 0.29) is 17.9 Å². The minimum Gasteiger partial charge on any atom is -0.493 e. The lowest BCUT2D eigenvalue weighted by atomic mass is 9.87. The first-order valence-corrected chi connectivity index (χ1v) is 11.4. The monoisotopic (exact) mass is 438 g/mol. The van der Waals surface area contributed by atoms with E-state index in [1.54, 1.807) is 14.2 Å². The average molecular weight is 439 g/mol. The van der Waals surface area contributed by atoms with Crippen LogP contribution in [0.25, 0.3) is 0 Å². The molecule has 172 valence electrons. The Morgan fingerprint density at radius 2 is 1.72 bits per heavy atom. The highest BCUT2D eigenvalue weighted by Gasteiger charge is 2.24. The van der Waals surface area contributed by atoms with Crippen LogP contribution in [0.3, 0.4) is 0 Å². The molecule has 0 fully saturated rings. The third-order valence-electron chi connectivity index (χ3n) is 5.96. The molecule has 0 aliphatic heterocycles. The largest absolute Gasteiger partial charge is 0.493 e. The fourth-order valence-corrected chi connectivity index (χ4v) is 4.26. The summed E-state index contributed by atoms with van der Waals surface area (Å²) in [5.41, 5.74) is 3.59. The summed E-state index contributed by atoms with van der Waals surface area (Å²) in [6.07, 6.45) is 5.70. The van der Waals surface area contributed by atoms with Crippen molar-refractivity contribution in [1.29, 1.82) is 0 Å². The van der Waals surface area contributed by atoms with Crippen LogP contribution < -0.4 is 20.1 Å². The van der Waals surface area contributed by atoms with E-state index in [1.165, 1.54) is 16.7 Å². The van der Waals surface area contributed by atoms with Crippen LogP contribution in [0.2, 0.25) is 0 Å². The number of unbranched alkanes of at least 4 members (excludes halogenated alkanes) is 1. The van der Waals surface area contributed by atoms with Gasteiger partial charge in [-0.25, -0.2) is 0 Å². The maximum Gasteiger partial charge on any atom is 0.220 e. The van der Waals surface area contributed by atoms with Crippen molar-refractivity contribution >= 4 is 11.8 Å². The van der Waals surface area contributed by atoms with E-state index >= 15 is 0 Å². The zero-order valence-corrected chi connectivity index (χ0v) is 19.1. The summed E-state index contributed by atoms with van der Waals surface area (Å²) in [6, 6.07) is 14.2. The molecule has 1 aliphatic rings. The molecule has 0 saturated heterocycles. The van der Waals surface area contributed by atoms with Crippen LogP contribution in [-0.2, 0) is 28.9 Å². The molecule has 1 aliphatic carbocycles. The highest BCUT2D eigenvalue weighted by molar-refractivity contribution is 5.77. The molecule has 0 aromatic heterocycles. The smallest absolute Gasteiger partial charge is 0.220 e. The van der Waals surface area contributed by atoms with Crippen LogP contribution in [-0.4, -0.2) is 38.6 Å². The van der Waals surface area contributed by atoms with Crippen molar-refractivity contribution in [3.63, 3.8) is 0 Å². The molecule has 32 heavy (non-hydrogen) atoms. The van der Waals surface area contributed by atoms with Crippen molar-refractivity contribution in [2.75, 3.05) is 20.8 Å². The topological polar surface area (TPSA) is 76.7 Å². The maximum absolute atomic E-state index is 12.4. The van der Waals surface area contributed by atoms with Crippen LogP contribution in [0.4, 0.5) is 0 Å². The molecule has 2 amide bonds. The van der Waals surface area contributed by atoms with E-state index in [1.807, 2.05) is 24.3 Å². The van der Waals surface area contributed by atoms with Gasteiger partial charge in [-0.15, -0.1) is 0 Å². The van der Waals surface area contributed by atoms with Crippen molar-refractivity contribution < 1.29 is 19.1 Å². The highest BCUT2D eigenvalue weighted by atomic mass is 16.5. The van der Waals surface area contributed by atoms with Gasteiger partial charge in [0.15, 0.2) is 11.5 Å². The predicted octanol–water partition coefficient (Wildman–Crippen LogP) is 3.60. The number of fused-ring (bicyclic) bond motifs is 1. The molecule has 2 N–H and O–H groups in total. The second-order valence-electron chi connectivity index (χ2n) is 8.24. The van der Waals surface area contributed by atoms with Crippen molar-refractivity contribution in [2.45, 2.75) is 57.4 Å². The number of hydrogen-bond donors (Lipinski definition) is 2. The quantitative estimate of drug-likeness (QED) is 0.526. The molecular formula is C26H34N2O4. The number of benzene rings is 2. The number of amides is 2. The fourth-order valence-electron chi connectivity index (χ4n) is 4.26. The molecule has 0 heterocycles. The number of carbonyl (C=O) groups excluding carboxylic acids is 2. The number of rotatable bonds is 11. The van der Waals surface area contributed by atoms with Gasteiger partial charge in [0, 0.05) is 31.0 Å². The van der Waals surface area contributed by atoms with Gasteiger partial charge in [-0.2, -0.15) is 0 Å². The third kappa shape index (κ3) is 6.74. The Morgan fingerprint density at radius 3 is 2.44 bits per heavy atom. The summed E-state index contributed by atoms with van der Waals surface area (Å²) in [4.78, 5) is 24.3. The van der Waals surface area contributed by atoms with Gasteiger partial charge < -0.3 is 20.1 Å². The lowest BCUT2D eigenvalue weighted by Gasteiger charge is -2.27. The first kappa shape index (κ1) is 23.6. The standard InChI is InChI=1S/C26H34N2O4/c1-31-23-15-12-20-18-21(13-14-22(20)26(23)32-2)28-25(30)11-7-6-10-24(29)27-17-16-19-8-4-3-5-9-19/h3-5,8-9,12,15,21H,6-7,10-11,13-14,16-18H2,1-2H3,(H,27,29)(H,28,30). The van der Waals surface area contributed by atoms with Gasteiger partial charge in [-0.1, -0.05) is 36.4 Å². The molecule has 0 radical (unpaired) electrons. The maximum atomic E-state index is 12.4. The van der Waals surface area contributed by atoms with Crippen molar-refractivity contribution in [3.05, 3.63) is 59.2 Å². The lowest BCUT2D eigenvalue weighted by molar-refractivity contribution is -0.123. The van der Waals surface area contributed by atoms with Crippen molar-refractivity contribution in [1.82, 2.24) is 10.6 Å². The molecule has 0 spiro atoms. The molecule has 0 saturated carbocycles. The minimum absolute atomic E-state index is 0.0506. The molecule has 6 heteroatoms. The number of hydrogen-bond acceptors (Lipinski definition) is 4. The average Bonchev–Trinajstić information content (AvgIpc) is 2.81. The number of methoxy groups -OCH3 is 2. The van der Waals surface area contributed by atoms with E-state index in [4.69, 9.17) is 9.47 Å². The van der Waals surface area contributed by atoms with Crippen molar-refractivity contribution in [2.24, 2.45) is 0 Å². The van der Waals surface area contributed by atoms with Gasteiger partial charge in [0.1, 0.15) is 0 Å². The van der Waals surface area contributed by atoms with Gasteiger partial charge in [0.05, 0.1) is 14.2 Å². The van der Waals surface area contributed by atoms with Crippen LogP contribution >= 0.6 is 0 Å². The first-order valence-electron chi connectivity index (χ1n) is 11.4. The second-order valence-corrected chi connectivity index (χ2v) is 8.24. The summed E-state index contributed by atoms with van der Waals surface area (Å²) in [6.45, 7) is 0.642. The summed E-state index contributed by atoms with van der Waals surface area (Å²) < 4.78 is 10.9. The zero-order valence-electron chi connectivity index (χ0n) is 19.1. The molecular weight excluding hydrogens is 404 g/mol. The second kappa shape index (κ2) is 12.1. The van der Waals surface area contributed by atoms with Crippen molar-refractivity contribution in [3.8, 4) is 11.5 Å². The summed E-state index contributed by atoms with van der Waals surface area (Å²) in [5.74, 6) is 1.66. The summed E-state index contributed by atoms with van der Waals surface area (Å²) >= 11 is 0. The fraction of sp³-hybridized carbons (Fsp3) is 0.462.